The van der Waals surface area contributed by atoms with Crippen molar-refractivity contribution >= 4 is 27.7 Å². The summed E-state index contributed by atoms with van der Waals surface area (Å²) in [5.74, 6) is 1.41. The number of hydrogen-bond acceptors (Lipinski definition) is 2. The molecule has 1 atom stereocenters. The topological polar surface area (TPSA) is 33.2 Å². The first-order valence-electron chi connectivity index (χ1n) is 5.00. The molecule has 3 nitrogen and oxygen atoms in total. The van der Waals surface area contributed by atoms with Gasteiger partial charge in [-0.15, -0.1) is 0 Å². The first kappa shape index (κ1) is 10.6. The monoisotopic (exact) mass is 268 g/mol. The molecule has 0 saturated carbocycles. The van der Waals surface area contributed by atoms with E-state index in [9.17, 15) is 4.79 Å². The van der Waals surface area contributed by atoms with Gasteiger partial charge in [-0.2, -0.15) is 0 Å². The SMILES string of the molecule is Cc1cccnc1N1CC(CBr)CC1=O. The second-order valence-electron chi connectivity index (χ2n) is 3.87. The third kappa shape index (κ3) is 2.04. The summed E-state index contributed by atoms with van der Waals surface area (Å²) in [6.45, 7) is 2.76. The molecule has 0 bridgehead atoms. The van der Waals surface area contributed by atoms with Gasteiger partial charge in [0.1, 0.15) is 5.82 Å². The molecule has 0 radical (unpaired) electrons. The van der Waals surface area contributed by atoms with E-state index in [1.165, 1.54) is 0 Å². The van der Waals surface area contributed by atoms with E-state index < -0.39 is 0 Å². The Kier molecular flexibility index (Phi) is 3.05. The maximum Gasteiger partial charge on any atom is 0.228 e. The number of amides is 1. The molecular weight excluding hydrogens is 256 g/mol. The molecule has 2 heterocycles. The Balaban J connectivity index is 2.25. The number of aromatic nitrogens is 1. The molecule has 80 valence electrons. The van der Waals surface area contributed by atoms with Crippen molar-refractivity contribution in [3.05, 3.63) is 23.9 Å². The molecule has 0 N–H and O–H groups in total. The number of anilines is 1. The largest absolute Gasteiger partial charge is 0.296 e. The number of aryl methyl sites for hydroxylation is 1. The Morgan fingerprint density at radius 3 is 3.07 bits per heavy atom. The van der Waals surface area contributed by atoms with E-state index in [1.807, 2.05) is 19.1 Å². The van der Waals surface area contributed by atoms with Crippen molar-refractivity contribution in [2.45, 2.75) is 13.3 Å². The molecule has 0 aliphatic carbocycles. The summed E-state index contributed by atoms with van der Waals surface area (Å²) in [7, 11) is 0. The average molecular weight is 269 g/mol. The molecule has 1 saturated heterocycles. The van der Waals surface area contributed by atoms with Gasteiger partial charge in [0.15, 0.2) is 0 Å². The highest BCUT2D eigenvalue weighted by Crippen LogP contribution is 2.26. The maximum atomic E-state index is 11.8. The standard InChI is InChI=1S/C11H13BrN2O/c1-8-3-2-4-13-11(8)14-7-9(6-12)5-10(14)15/h2-4,9H,5-7H2,1H3. The molecular formula is C11H13BrN2O. The zero-order valence-electron chi connectivity index (χ0n) is 8.61. The lowest BCUT2D eigenvalue weighted by molar-refractivity contribution is -0.117. The van der Waals surface area contributed by atoms with Gasteiger partial charge in [-0.3, -0.25) is 9.69 Å². The minimum Gasteiger partial charge on any atom is -0.296 e. The van der Waals surface area contributed by atoms with Crippen LogP contribution in [0.25, 0.3) is 0 Å². The van der Waals surface area contributed by atoms with Gasteiger partial charge in [0.2, 0.25) is 5.91 Å². The summed E-state index contributed by atoms with van der Waals surface area (Å²) >= 11 is 3.42. The number of halogens is 1. The van der Waals surface area contributed by atoms with Crippen LogP contribution in [0.15, 0.2) is 18.3 Å². The van der Waals surface area contributed by atoms with E-state index in [1.54, 1.807) is 11.1 Å². The summed E-state index contributed by atoms with van der Waals surface area (Å²) in [5, 5.41) is 0.876. The van der Waals surface area contributed by atoms with E-state index in [-0.39, 0.29) is 5.91 Å². The van der Waals surface area contributed by atoms with Crippen LogP contribution in [0.1, 0.15) is 12.0 Å². The average Bonchev–Trinajstić information content (AvgIpc) is 2.60. The van der Waals surface area contributed by atoms with E-state index >= 15 is 0 Å². The molecule has 2 rings (SSSR count). The summed E-state index contributed by atoms with van der Waals surface area (Å²) < 4.78 is 0. The third-order valence-corrected chi connectivity index (χ3v) is 3.58. The van der Waals surface area contributed by atoms with Gasteiger partial charge < -0.3 is 0 Å². The van der Waals surface area contributed by atoms with Crippen molar-refractivity contribution in [2.75, 3.05) is 16.8 Å². The summed E-state index contributed by atoms with van der Waals surface area (Å²) in [6, 6.07) is 3.87. The van der Waals surface area contributed by atoms with Gasteiger partial charge in [-0.1, -0.05) is 22.0 Å². The smallest absolute Gasteiger partial charge is 0.228 e. The van der Waals surface area contributed by atoms with Crippen molar-refractivity contribution in [3.63, 3.8) is 0 Å². The molecule has 1 aromatic rings. The number of alkyl halides is 1. The Hall–Kier alpha value is -0.900. The van der Waals surface area contributed by atoms with Crippen molar-refractivity contribution in [1.82, 2.24) is 4.98 Å². The molecule has 0 spiro atoms. The second kappa shape index (κ2) is 4.31. The summed E-state index contributed by atoms with van der Waals surface area (Å²) in [4.78, 5) is 17.8. The van der Waals surface area contributed by atoms with Crippen LogP contribution in [0.5, 0.6) is 0 Å². The highest BCUT2D eigenvalue weighted by molar-refractivity contribution is 9.09. The highest BCUT2D eigenvalue weighted by Gasteiger charge is 2.31. The van der Waals surface area contributed by atoms with E-state index in [0.717, 1.165) is 23.3 Å². The van der Waals surface area contributed by atoms with Gasteiger partial charge in [0.25, 0.3) is 0 Å². The third-order valence-electron chi connectivity index (χ3n) is 2.66. The molecule has 1 unspecified atom stereocenters. The molecule has 1 aliphatic rings. The fourth-order valence-corrected chi connectivity index (χ4v) is 2.28. The van der Waals surface area contributed by atoms with Gasteiger partial charge >= 0.3 is 0 Å². The van der Waals surface area contributed by atoms with Crippen molar-refractivity contribution in [2.24, 2.45) is 5.92 Å². The molecule has 1 fully saturated rings. The quantitative estimate of drug-likeness (QED) is 0.771. The van der Waals surface area contributed by atoms with E-state index in [2.05, 4.69) is 20.9 Å². The van der Waals surface area contributed by atoms with Crippen molar-refractivity contribution in [3.8, 4) is 0 Å². The van der Waals surface area contributed by atoms with Gasteiger partial charge in [0.05, 0.1) is 0 Å². The van der Waals surface area contributed by atoms with Crippen LogP contribution < -0.4 is 4.90 Å². The highest BCUT2D eigenvalue weighted by atomic mass is 79.9. The zero-order valence-corrected chi connectivity index (χ0v) is 10.2. The molecule has 1 amide bonds. The van der Waals surface area contributed by atoms with Crippen LogP contribution in [-0.4, -0.2) is 22.8 Å². The first-order chi connectivity index (χ1) is 7.22. The van der Waals surface area contributed by atoms with Crippen LogP contribution in [-0.2, 0) is 4.79 Å². The minimum absolute atomic E-state index is 0.182. The maximum absolute atomic E-state index is 11.8. The fraction of sp³-hybridized carbons (Fsp3) is 0.455. The lowest BCUT2D eigenvalue weighted by atomic mass is 10.2. The Labute approximate surface area is 97.6 Å². The Morgan fingerprint density at radius 1 is 1.67 bits per heavy atom. The van der Waals surface area contributed by atoms with Gasteiger partial charge in [-0.05, 0) is 24.5 Å². The number of carbonyl (C=O) groups excluding carboxylic acids is 1. The number of nitrogens with zero attached hydrogens (tertiary/aromatic N) is 2. The van der Waals surface area contributed by atoms with E-state index in [4.69, 9.17) is 0 Å². The number of rotatable bonds is 2. The van der Waals surface area contributed by atoms with Crippen LogP contribution in [0.4, 0.5) is 5.82 Å². The van der Waals surface area contributed by atoms with Gasteiger partial charge in [0, 0.05) is 24.5 Å². The zero-order chi connectivity index (χ0) is 10.8. The predicted octanol–water partition coefficient (Wildman–Crippen LogP) is 2.14. The Bertz CT molecular complexity index is 381. The molecule has 0 aromatic carbocycles. The predicted molar refractivity (Wildman–Crippen MR) is 63.2 cm³/mol. The van der Waals surface area contributed by atoms with Crippen LogP contribution in [0.3, 0.4) is 0 Å². The minimum atomic E-state index is 0.182. The summed E-state index contributed by atoms with van der Waals surface area (Å²) in [6.07, 6.45) is 2.36. The molecule has 1 aromatic heterocycles. The van der Waals surface area contributed by atoms with Crippen LogP contribution >= 0.6 is 15.9 Å². The normalized spacial score (nSPS) is 21.1. The molecule has 15 heavy (non-hydrogen) atoms. The van der Waals surface area contributed by atoms with Crippen molar-refractivity contribution < 1.29 is 4.79 Å². The van der Waals surface area contributed by atoms with Crippen LogP contribution in [0.2, 0.25) is 0 Å². The molecule has 4 heteroatoms. The number of pyridine rings is 1. The van der Waals surface area contributed by atoms with E-state index in [0.29, 0.717) is 12.3 Å². The lowest BCUT2D eigenvalue weighted by Crippen LogP contribution is -2.26. The van der Waals surface area contributed by atoms with Crippen LogP contribution in [0, 0.1) is 12.8 Å². The van der Waals surface area contributed by atoms with Crippen molar-refractivity contribution in [1.29, 1.82) is 0 Å². The number of hydrogen-bond donors (Lipinski definition) is 0. The van der Waals surface area contributed by atoms with Gasteiger partial charge in [-0.25, -0.2) is 4.98 Å². The second-order valence-corrected chi connectivity index (χ2v) is 4.52. The summed E-state index contributed by atoms with van der Waals surface area (Å²) in [5.41, 5.74) is 1.06. The molecule has 1 aliphatic heterocycles. The lowest BCUT2D eigenvalue weighted by Gasteiger charge is -2.17. The Morgan fingerprint density at radius 2 is 2.47 bits per heavy atom. The fourth-order valence-electron chi connectivity index (χ4n) is 1.85. The first-order valence-corrected chi connectivity index (χ1v) is 6.12. The number of carbonyl (C=O) groups is 1.